The lowest BCUT2D eigenvalue weighted by atomic mass is 9.79. The van der Waals surface area contributed by atoms with Crippen molar-refractivity contribution in [3.05, 3.63) is 71.2 Å². The molecule has 1 aromatic heterocycles. The second-order valence-electron chi connectivity index (χ2n) is 9.49. The zero-order valence-corrected chi connectivity index (χ0v) is 20.9. The number of hydrogen-bond acceptors (Lipinski definition) is 4. The first kappa shape index (κ1) is 27.4. The Kier molecular flexibility index (Phi) is 8.85. The number of nitrogens with zero attached hydrogens (tertiary/aromatic N) is 2. The van der Waals surface area contributed by atoms with Crippen LogP contribution >= 0.6 is 0 Å². The standard InChI is InChI=1S/C29H28F4N2O3/c1-38-20-5-9-27-23(16-20)21(10-12-34-27)24(30)6-4-18-11-14-35(17-19(18)15-28(36)37)13-2-3-22-25(31)7-8-26(32)29(22)33/h5,7-10,12,16,18-19,24H,4,6,11,13-15,17H2,1H3,(H,36,37)/t18-,19+,24-/m1/s1. The van der Waals surface area contributed by atoms with Gasteiger partial charge in [-0.1, -0.05) is 11.8 Å². The molecule has 1 fully saturated rings. The summed E-state index contributed by atoms with van der Waals surface area (Å²) in [6.07, 6.45) is 1.62. The molecule has 0 aliphatic carbocycles. The molecule has 3 atom stereocenters. The first-order valence-corrected chi connectivity index (χ1v) is 12.4. The van der Waals surface area contributed by atoms with Gasteiger partial charge in [0.25, 0.3) is 0 Å². The molecule has 9 heteroatoms. The highest BCUT2D eigenvalue weighted by Crippen LogP contribution is 2.36. The number of hydrogen-bond donors (Lipinski definition) is 1. The summed E-state index contributed by atoms with van der Waals surface area (Å²) >= 11 is 0. The maximum absolute atomic E-state index is 15.4. The monoisotopic (exact) mass is 528 g/mol. The number of pyridine rings is 1. The fourth-order valence-electron chi connectivity index (χ4n) is 5.08. The summed E-state index contributed by atoms with van der Waals surface area (Å²) in [5, 5.41) is 10.1. The highest BCUT2D eigenvalue weighted by molar-refractivity contribution is 5.83. The van der Waals surface area contributed by atoms with Gasteiger partial charge in [0, 0.05) is 24.5 Å². The van der Waals surface area contributed by atoms with E-state index in [0.29, 0.717) is 54.2 Å². The van der Waals surface area contributed by atoms with E-state index in [1.165, 1.54) is 0 Å². The van der Waals surface area contributed by atoms with Crippen LogP contribution < -0.4 is 4.74 Å². The maximum Gasteiger partial charge on any atom is 0.303 e. The first-order valence-electron chi connectivity index (χ1n) is 12.4. The molecule has 0 radical (unpaired) electrons. The Balaban J connectivity index is 1.41. The molecule has 2 aromatic carbocycles. The topological polar surface area (TPSA) is 62.7 Å². The summed E-state index contributed by atoms with van der Waals surface area (Å²) in [5.41, 5.74) is 0.563. The highest BCUT2D eigenvalue weighted by atomic mass is 19.2. The minimum absolute atomic E-state index is 0.00527. The van der Waals surface area contributed by atoms with Crippen LogP contribution in [0, 0.1) is 41.1 Å². The Morgan fingerprint density at radius 2 is 1.97 bits per heavy atom. The van der Waals surface area contributed by atoms with E-state index in [1.807, 2.05) is 4.90 Å². The first-order chi connectivity index (χ1) is 18.3. The van der Waals surface area contributed by atoms with Gasteiger partial charge in [0.05, 0.1) is 24.7 Å². The van der Waals surface area contributed by atoms with Crippen LogP contribution in [0.3, 0.4) is 0 Å². The van der Waals surface area contributed by atoms with Crippen LogP contribution in [0.15, 0.2) is 42.6 Å². The van der Waals surface area contributed by atoms with E-state index in [-0.39, 0.29) is 31.2 Å². The van der Waals surface area contributed by atoms with E-state index in [2.05, 4.69) is 16.8 Å². The van der Waals surface area contributed by atoms with Gasteiger partial charge in [0.15, 0.2) is 11.6 Å². The summed E-state index contributed by atoms with van der Waals surface area (Å²) in [4.78, 5) is 17.7. The Labute approximate surface area is 218 Å². The van der Waals surface area contributed by atoms with Gasteiger partial charge in [0.1, 0.15) is 17.7 Å². The van der Waals surface area contributed by atoms with Gasteiger partial charge in [-0.05, 0) is 79.6 Å². The Bertz CT molecular complexity index is 1370. The van der Waals surface area contributed by atoms with E-state index in [1.54, 1.807) is 37.6 Å². The highest BCUT2D eigenvalue weighted by Gasteiger charge is 2.31. The van der Waals surface area contributed by atoms with Crippen LogP contribution in [0.2, 0.25) is 0 Å². The molecular weight excluding hydrogens is 500 g/mol. The number of carboxylic acid groups (broad SMARTS) is 1. The molecule has 1 N–H and O–H groups in total. The third-order valence-electron chi connectivity index (χ3n) is 7.08. The molecule has 5 nitrogen and oxygen atoms in total. The molecule has 0 amide bonds. The number of aliphatic carboxylic acids is 1. The van der Waals surface area contributed by atoms with Gasteiger partial charge in [-0.25, -0.2) is 17.6 Å². The Morgan fingerprint density at radius 1 is 1.18 bits per heavy atom. The van der Waals surface area contributed by atoms with Crippen LogP contribution in [-0.4, -0.2) is 47.7 Å². The smallest absolute Gasteiger partial charge is 0.303 e. The molecule has 0 saturated carbocycles. The summed E-state index contributed by atoms with van der Waals surface area (Å²) in [6.45, 7) is 1.14. The maximum atomic E-state index is 15.4. The molecule has 2 heterocycles. The fraction of sp³-hybridized carbons (Fsp3) is 0.379. The van der Waals surface area contributed by atoms with Crippen molar-refractivity contribution in [2.75, 3.05) is 26.7 Å². The normalized spacial score (nSPS) is 18.6. The third kappa shape index (κ3) is 6.43. The van der Waals surface area contributed by atoms with Crippen molar-refractivity contribution >= 4 is 16.9 Å². The zero-order valence-electron chi connectivity index (χ0n) is 20.9. The van der Waals surface area contributed by atoms with Gasteiger partial charge in [-0.3, -0.25) is 14.7 Å². The van der Waals surface area contributed by atoms with Gasteiger partial charge in [0.2, 0.25) is 0 Å². The van der Waals surface area contributed by atoms with Crippen LogP contribution in [0.1, 0.15) is 43.0 Å². The molecule has 38 heavy (non-hydrogen) atoms. The number of likely N-dealkylation sites (tertiary alicyclic amines) is 1. The minimum Gasteiger partial charge on any atom is -0.497 e. The number of methoxy groups -OCH3 is 1. The number of alkyl halides is 1. The molecule has 0 spiro atoms. The predicted molar refractivity (Wildman–Crippen MR) is 135 cm³/mol. The van der Waals surface area contributed by atoms with Gasteiger partial charge in [-0.15, -0.1) is 0 Å². The van der Waals surface area contributed by atoms with Crippen molar-refractivity contribution in [3.8, 4) is 17.6 Å². The van der Waals surface area contributed by atoms with Gasteiger partial charge in [-0.2, -0.15) is 0 Å². The lowest BCUT2D eigenvalue weighted by Crippen LogP contribution is -2.41. The van der Waals surface area contributed by atoms with Gasteiger partial charge < -0.3 is 9.84 Å². The SMILES string of the molecule is COc1ccc2nccc([C@H](F)CC[C@@H]3CCN(CC#Cc4c(F)ccc(F)c4F)C[C@@H]3CC(=O)O)c2c1. The minimum atomic E-state index is -1.33. The number of fused-ring (bicyclic) bond motifs is 1. The summed E-state index contributed by atoms with van der Waals surface area (Å²) in [7, 11) is 1.54. The molecule has 1 aliphatic heterocycles. The summed E-state index contributed by atoms with van der Waals surface area (Å²) < 4.78 is 61.8. The molecule has 3 aromatic rings. The number of benzene rings is 2. The van der Waals surface area contributed by atoms with Crippen LogP contribution in [0.4, 0.5) is 17.6 Å². The van der Waals surface area contributed by atoms with Crippen molar-refractivity contribution in [2.24, 2.45) is 11.8 Å². The third-order valence-corrected chi connectivity index (χ3v) is 7.08. The lowest BCUT2D eigenvalue weighted by molar-refractivity contribution is -0.139. The molecule has 1 saturated heterocycles. The van der Waals surface area contributed by atoms with Crippen molar-refractivity contribution in [1.29, 1.82) is 0 Å². The molecule has 0 unspecified atom stereocenters. The summed E-state index contributed by atoms with van der Waals surface area (Å²) in [5.74, 6) is 1.01. The number of aromatic nitrogens is 1. The average molecular weight is 529 g/mol. The summed E-state index contributed by atoms with van der Waals surface area (Å²) in [6, 6.07) is 8.49. The average Bonchev–Trinajstić information content (AvgIpc) is 2.91. The molecule has 1 aliphatic rings. The van der Waals surface area contributed by atoms with Crippen molar-refractivity contribution in [2.45, 2.75) is 31.9 Å². The number of carbonyl (C=O) groups is 1. The van der Waals surface area contributed by atoms with Crippen LogP contribution in [-0.2, 0) is 4.79 Å². The van der Waals surface area contributed by atoms with Gasteiger partial charge >= 0.3 is 5.97 Å². The van der Waals surface area contributed by atoms with Crippen LogP contribution in [0.5, 0.6) is 5.75 Å². The number of halogens is 4. The molecular formula is C29H28F4N2O3. The lowest BCUT2D eigenvalue weighted by Gasteiger charge is -2.37. The molecule has 0 bridgehead atoms. The number of rotatable bonds is 8. The van der Waals surface area contributed by atoms with E-state index in [4.69, 9.17) is 4.74 Å². The fourth-order valence-corrected chi connectivity index (χ4v) is 5.08. The Morgan fingerprint density at radius 3 is 2.74 bits per heavy atom. The van der Waals surface area contributed by atoms with E-state index in [9.17, 15) is 23.1 Å². The number of piperidine rings is 1. The molecule has 4 rings (SSSR count). The van der Waals surface area contributed by atoms with Crippen molar-refractivity contribution in [1.82, 2.24) is 9.88 Å². The Hall–Kier alpha value is -3.64. The largest absolute Gasteiger partial charge is 0.497 e. The second kappa shape index (κ2) is 12.3. The van der Waals surface area contributed by atoms with E-state index < -0.39 is 35.2 Å². The zero-order chi connectivity index (χ0) is 27.2. The van der Waals surface area contributed by atoms with Crippen LogP contribution in [0.25, 0.3) is 10.9 Å². The van der Waals surface area contributed by atoms with Crippen molar-refractivity contribution < 1.29 is 32.2 Å². The van der Waals surface area contributed by atoms with E-state index in [0.717, 1.165) is 6.07 Å². The predicted octanol–water partition coefficient (Wildman–Crippen LogP) is 5.92. The number of carboxylic acids is 1. The number of ether oxygens (including phenoxy) is 1. The second-order valence-corrected chi connectivity index (χ2v) is 9.49. The van der Waals surface area contributed by atoms with Crippen molar-refractivity contribution in [3.63, 3.8) is 0 Å². The molecule has 200 valence electrons. The van der Waals surface area contributed by atoms with E-state index >= 15 is 4.39 Å². The quantitative estimate of drug-likeness (QED) is 0.224.